The standard InChI is InChI=1S/C20H22ClNO/c1-16(12-13-21)3-2-14-23-20-10-8-19(9-11-20)18-6-4-17(15-22)5-7-18/h4-11,16H,2-3,12-14H2,1H3. The van der Waals surface area contributed by atoms with Crippen molar-refractivity contribution in [2.75, 3.05) is 12.5 Å². The molecule has 3 heteroatoms. The second-order valence-corrected chi connectivity index (χ2v) is 6.17. The highest BCUT2D eigenvalue weighted by atomic mass is 35.5. The molecule has 1 unspecified atom stereocenters. The summed E-state index contributed by atoms with van der Waals surface area (Å²) in [6, 6.07) is 17.8. The molecule has 0 saturated heterocycles. The second kappa shape index (κ2) is 9.22. The molecule has 0 amide bonds. The normalized spacial score (nSPS) is 11.7. The molecule has 0 spiro atoms. The lowest BCUT2D eigenvalue weighted by atomic mass is 10.0. The lowest BCUT2D eigenvalue weighted by Crippen LogP contribution is -2.02. The Labute approximate surface area is 143 Å². The third kappa shape index (κ3) is 5.62. The van der Waals surface area contributed by atoms with Crippen molar-refractivity contribution in [3.05, 3.63) is 54.1 Å². The Hall–Kier alpha value is -1.98. The van der Waals surface area contributed by atoms with Crippen LogP contribution in [0.4, 0.5) is 0 Å². The summed E-state index contributed by atoms with van der Waals surface area (Å²) in [6.07, 6.45) is 3.27. The van der Waals surface area contributed by atoms with E-state index in [0.717, 1.165) is 48.6 Å². The highest BCUT2D eigenvalue weighted by Gasteiger charge is 2.02. The van der Waals surface area contributed by atoms with E-state index >= 15 is 0 Å². The van der Waals surface area contributed by atoms with Gasteiger partial charge < -0.3 is 4.74 Å². The van der Waals surface area contributed by atoms with E-state index in [2.05, 4.69) is 13.0 Å². The Balaban J connectivity index is 1.83. The van der Waals surface area contributed by atoms with Crippen LogP contribution in [-0.4, -0.2) is 12.5 Å². The number of nitriles is 1. The summed E-state index contributed by atoms with van der Waals surface area (Å²) in [5.41, 5.74) is 2.90. The van der Waals surface area contributed by atoms with Crippen molar-refractivity contribution in [1.29, 1.82) is 5.26 Å². The number of halogens is 1. The SMILES string of the molecule is CC(CCCl)CCCOc1ccc(-c2ccc(C#N)cc2)cc1. The molecule has 0 saturated carbocycles. The molecule has 0 aliphatic carbocycles. The first-order valence-electron chi connectivity index (χ1n) is 8.02. The van der Waals surface area contributed by atoms with E-state index in [0.29, 0.717) is 11.5 Å². The van der Waals surface area contributed by atoms with Gasteiger partial charge in [0.05, 0.1) is 18.2 Å². The van der Waals surface area contributed by atoms with Gasteiger partial charge in [0.25, 0.3) is 0 Å². The molecule has 120 valence electrons. The smallest absolute Gasteiger partial charge is 0.119 e. The lowest BCUT2D eigenvalue weighted by molar-refractivity contribution is 0.294. The quantitative estimate of drug-likeness (QED) is 0.463. The highest BCUT2D eigenvalue weighted by Crippen LogP contribution is 2.23. The fraction of sp³-hybridized carbons (Fsp3) is 0.350. The van der Waals surface area contributed by atoms with E-state index in [1.54, 1.807) is 0 Å². The molecule has 23 heavy (non-hydrogen) atoms. The van der Waals surface area contributed by atoms with Crippen molar-refractivity contribution in [3.8, 4) is 22.9 Å². The fourth-order valence-corrected chi connectivity index (χ4v) is 2.81. The highest BCUT2D eigenvalue weighted by molar-refractivity contribution is 6.17. The van der Waals surface area contributed by atoms with Gasteiger partial charge in [-0.1, -0.05) is 31.2 Å². The Kier molecular flexibility index (Phi) is 6.97. The van der Waals surface area contributed by atoms with Crippen molar-refractivity contribution < 1.29 is 4.74 Å². The zero-order valence-corrected chi connectivity index (χ0v) is 14.2. The van der Waals surface area contributed by atoms with Gasteiger partial charge in [-0.2, -0.15) is 5.26 Å². The van der Waals surface area contributed by atoms with E-state index in [1.165, 1.54) is 0 Å². The Morgan fingerprint density at radius 2 is 1.61 bits per heavy atom. The van der Waals surface area contributed by atoms with Crippen molar-refractivity contribution in [1.82, 2.24) is 0 Å². The number of hydrogen-bond acceptors (Lipinski definition) is 2. The predicted octanol–water partition coefficient (Wildman–Crippen LogP) is 5.65. The zero-order valence-electron chi connectivity index (χ0n) is 13.5. The summed E-state index contributed by atoms with van der Waals surface area (Å²) in [5, 5.41) is 8.83. The van der Waals surface area contributed by atoms with Crippen LogP contribution in [0.15, 0.2) is 48.5 Å². The predicted molar refractivity (Wildman–Crippen MR) is 95.8 cm³/mol. The molecule has 2 aromatic rings. The number of ether oxygens (including phenoxy) is 1. The third-order valence-electron chi connectivity index (χ3n) is 3.91. The molecule has 0 N–H and O–H groups in total. The van der Waals surface area contributed by atoms with E-state index in [4.69, 9.17) is 21.6 Å². The molecular weight excluding hydrogens is 306 g/mol. The van der Waals surface area contributed by atoms with Gasteiger partial charge in [0.1, 0.15) is 5.75 Å². The zero-order chi connectivity index (χ0) is 16.5. The van der Waals surface area contributed by atoms with Crippen LogP contribution < -0.4 is 4.74 Å². The third-order valence-corrected chi connectivity index (χ3v) is 4.13. The summed E-state index contributed by atoms with van der Waals surface area (Å²) >= 11 is 5.74. The van der Waals surface area contributed by atoms with Gasteiger partial charge in [-0.25, -0.2) is 0 Å². The largest absolute Gasteiger partial charge is 0.494 e. The number of alkyl halides is 1. The van der Waals surface area contributed by atoms with Gasteiger partial charge in [0.15, 0.2) is 0 Å². The van der Waals surface area contributed by atoms with Gasteiger partial charge in [-0.05, 0) is 60.6 Å². The molecule has 1 atom stereocenters. The van der Waals surface area contributed by atoms with E-state index in [9.17, 15) is 0 Å². The van der Waals surface area contributed by atoms with Crippen molar-refractivity contribution >= 4 is 11.6 Å². The van der Waals surface area contributed by atoms with Crippen molar-refractivity contribution in [2.45, 2.75) is 26.2 Å². The van der Waals surface area contributed by atoms with Gasteiger partial charge in [0, 0.05) is 5.88 Å². The number of hydrogen-bond donors (Lipinski definition) is 0. The van der Waals surface area contributed by atoms with Crippen LogP contribution in [0.25, 0.3) is 11.1 Å². The van der Waals surface area contributed by atoms with Crippen LogP contribution in [0, 0.1) is 17.2 Å². The van der Waals surface area contributed by atoms with Gasteiger partial charge in [-0.3, -0.25) is 0 Å². The minimum absolute atomic E-state index is 0.662. The Bertz CT molecular complexity index is 628. The summed E-state index contributed by atoms with van der Waals surface area (Å²) in [6.45, 7) is 2.97. The van der Waals surface area contributed by atoms with E-state index < -0.39 is 0 Å². The summed E-state index contributed by atoms with van der Waals surface area (Å²) in [4.78, 5) is 0. The van der Waals surface area contributed by atoms with Crippen LogP contribution in [0.5, 0.6) is 5.75 Å². The van der Waals surface area contributed by atoms with Gasteiger partial charge in [0.2, 0.25) is 0 Å². The number of benzene rings is 2. The molecule has 0 radical (unpaired) electrons. The van der Waals surface area contributed by atoms with E-state index in [-0.39, 0.29) is 0 Å². The van der Waals surface area contributed by atoms with Crippen molar-refractivity contribution in [3.63, 3.8) is 0 Å². The Morgan fingerprint density at radius 3 is 2.17 bits per heavy atom. The molecular formula is C20H22ClNO. The first kappa shape index (κ1) is 17.4. The summed E-state index contributed by atoms with van der Waals surface area (Å²) in [5.74, 6) is 2.29. The molecule has 0 fully saturated rings. The second-order valence-electron chi connectivity index (χ2n) is 5.79. The fourth-order valence-electron chi connectivity index (χ4n) is 2.43. The minimum Gasteiger partial charge on any atom is -0.494 e. The maximum absolute atomic E-state index is 8.83. The Morgan fingerprint density at radius 1 is 1.00 bits per heavy atom. The van der Waals surface area contributed by atoms with Crippen molar-refractivity contribution in [2.24, 2.45) is 5.92 Å². The van der Waals surface area contributed by atoms with Gasteiger partial charge in [-0.15, -0.1) is 11.6 Å². The average molecular weight is 328 g/mol. The van der Waals surface area contributed by atoms with Crippen LogP contribution in [0.1, 0.15) is 31.7 Å². The van der Waals surface area contributed by atoms with E-state index in [1.807, 2.05) is 48.5 Å². The first-order chi connectivity index (χ1) is 11.2. The summed E-state index contributed by atoms with van der Waals surface area (Å²) in [7, 11) is 0. The number of nitrogens with zero attached hydrogens (tertiary/aromatic N) is 1. The van der Waals surface area contributed by atoms with Crippen LogP contribution in [0.2, 0.25) is 0 Å². The summed E-state index contributed by atoms with van der Waals surface area (Å²) < 4.78 is 5.79. The van der Waals surface area contributed by atoms with Crippen LogP contribution >= 0.6 is 11.6 Å². The maximum Gasteiger partial charge on any atom is 0.119 e. The topological polar surface area (TPSA) is 33.0 Å². The average Bonchev–Trinajstić information content (AvgIpc) is 2.60. The monoisotopic (exact) mass is 327 g/mol. The molecule has 2 nitrogen and oxygen atoms in total. The molecule has 0 aliphatic rings. The molecule has 2 rings (SSSR count). The number of rotatable bonds is 8. The van der Waals surface area contributed by atoms with Gasteiger partial charge >= 0.3 is 0 Å². The molecule has 0 aromatic heterocycles. The molecule has 0 aliphatic heterocycles. The molecule has 0 bridgehead atoms. The first-order valence-corrected chi connectivity index (χ1v) is 8.55. The maximum atomic E-state index is 8.83. The minimum atomic E-state index is 0.662. The van der Waals surface area contributed by atoms with Crippen LogP contribution in [0.3, 0.4) is 0 Å². The molecule has 2 aromatic carbocycles. The lowest BCUT2D eigenvalue weighted by Gasteiger charge is -2.10. The van der Waals surface area contributed by atoms with Crippen LogP contribution in [-0.2, 0) is 0 Å². The molecule has 0 heterocycles.